The van der Waals surface area contributed by atoms with Crippen molar-refractivity contribution in [1.29, 1.82) is 0 Å². The molecule has 0 aromatic carbocycles. The molecule has 0 saturated heterocycles. The van der Waals surface area contributed by atoms with E-state index in [-0.39, 0.29) is 6.61 Å². The number of amides is 2. The number of primary amides is 2. The van der Waals surface area contributed by atoms with Gasteiger partial charge in [0.15, 0.2) is 0 Å². The van der Waals surface area contributed by atoms with Gasteiger partial charge in [-0.2, -0.15) is 0 Å². The Morgan fingerprint density at radius 2 is 1.07 bits per heavy atom. The maximum Gasteiger partial charge on any atom is 0.273 e. The van der Waals surface area contributed by atoms with Crippen molar-refractivity contribution in [2.75, 3.05) is 6.61 Å². The summed E-state index contributed by atoms with van der Waals surface area (Å²) in [5, 5.41) is 6.29. The Kier molecular flexibility index (Phi) is 49.1. The highest BCUT2D eigenvalue weighted by molar-refractivity contribution is 7.96. The Morgan fingerprint density at radius 1 is 1.07 bits per heavy atom. The fourth-order valence-electron chi connectivity index (χ4n) is 0. The van der Waals surface area contributed by atoms with Crippen molar-refractivity contribution in [3.63, 3.8) is 0 Å². The molecule has 0 atom stereocenters. The number of carbonyl (C=O) groups excluding carboxylic acids is 2. The molecule has 5 nitrogen and oxygen atoms in total. The van der Waals surface area contributed by atoms with Crippen LogP contribution in [0, 0.1) is 0 Å². The summed E-state index contributed by atoms with van der Waals surface area (Å²) in [6.45, 7) is 6.18. The van der Waals surface area contributed by atoms with Gasteiger partial charge in [-0.15, -0.1) is 0 Å². The number of aliphatic hydroxyl groups is 1. The molecule has 7 heteroatoms. The average Bonchev–Trinajstić information content (AvgIpc) is 1.85. The summed E-state index contributed by atoms with van der Waals surface area (Å²) in [6.07, 6.45) is 1.25. The molecule has 0 radical (unpaired) electrons. The molecule has 0 fully saturated rings. The van der Waals surface area contributed by atoms with Gasteiger partial charge in [0.05, 0.1) is 0 Å². The Balaban J connectivity index is -0.0000000482. The Labute approximate surface area is 96.1 Å². The molecule has 0 aromatic rings. The summed E-state index contributed by atoms with van der Waals surface area (Å²) in [6, 6.07) is 0. The monoisotopic (exact) mass is 244 g/mol. The normalized spacial score (nSPS) is 6.14. The molecule has 0 bridgehead atoms. The Morgan fingerprint density at radius 3 is 1.07 bits per heavy atom. The molecule has 0 rings (SSSR count). The van der Waals surface area contributed by atoms with Gasteiger partial charge in [0, 0.05) is 6.61 Å². The minimum Gasteiger partial charge on any atom is -0.397 e. The maximum absolute atomic E-state index is 9.09. The molecule has 0 aromatic heterocycles. The Hall–Kier alpha value is -0.400. The number of aliphatic hydroxyl groups excluding tert-OH is 1. The van der Waals surface area contributed by atoms with Crippen LogP contribution in [0.15, 0.2) is 0 Å². The van der Waals surface area contributed by atoms with Crippen molar-refractivity contribution in [2.24, 2.45) is 11.5 Å². The fraction of sp³-hybridized carbons (Fsp3) is 0.714. The quantitative estimate of drug-likeness (QED) is 0.416. The van der Waals surface area contributed by atoms with Crippen LogP contribution >= 0.6 is 25.3 Å². The van der Waals surface area contributed by atoms with Gasteiger partial charge in [0.25, 0.3) is 10.5 Å². The van der Waals surface area contributed by atoms with Crippen LogP contribution < -0.4 is 11.5 Å². The van der Waals surface area contributed by atoms with Crippen LogP contribution in [0.1, 0.15) is 27.2 Å². The van der Waals surface area contributed by atoms with Crippen molar-refractivity contribution < 1.29 is 14.7 Å². The van der Waals surface area contributed by atoms with E-state index in [2.05, 4.69) is 50.6 Å². The number of nitrogens with two attached hydrogens (primary N) is 2. The second-order valence-corrected chi connectivity index (χ2v) is 2.58. The molecular weight excluding hydrogens is 224 g/mol. The molecule has 0 saturated carbocycles. The van der Waals surface area contributed by atoms with Crippen LogP contribution in [-0.2, 0) is 0 Å². The number of hydrogen-bond donors (Lipinski definition) is 5. The smallest absolute Gasteiger partial charge is 0.273 e. The van der Waals surface area contributed by atoms with E-state index in [9.17, 15) is 0 Å². The lowest BCUT2D eigenvalue weighted by Crippen LogP contribution is -1.95. The van der Waals surface area contributed by atoms with E-state index in [1.54, 1.807) is 6.92 Å². The number of hydrogen-bond acceptors (Lipinski definition) is 3. The zero-order valence-corrected chi connectivity index (χ0v) is 10.5. The molecule has 0 heterocycles. The van der Waals surface area contributed by atoms with Crippen LogP contribution in [0.2, 0.25) is 0 Å². The highest BCUT2D eigenvalue weighted by Gasteiger charge is 1.63. The van der Waals surface area contributed by atoms with Gasteiger partial charge >= 0.3 is 0 Å². The standard InChI is InChI=1S/C3H8.C2H6O.2CH3NOS/c1-3-2;1-2-3;2*2-1(3)4/h3H2,1-2H3;3H,2H2,1H3;2*(H3,2,3,4). The topological polar surface area (TPSA) is 106 Å². The average molecular weight is 244 g/mol. The highest BCUT2D eigenvalue weighted by Crippen LogP contribution is 1.61. The molecule has 2 amide bonds. The lowest BCUT2D eigenvalue weighted by molar-refractivity contribution is 0.266. The van der Waals surface area contributed by atoms with Crippen molar-refractivity contribution >= 4 is 35.7 Å². The third kappa shape index (κ3) is 8150. The minimum absolute atomic E-state index is 0.250. The van der Waals surface area contributed by atoms with Gasteiger partial charge < -0.3 is 16.6 Å². The first-order valence-corrected chi connectivity index (χ1v) is 4.76. The summed E-state index contributed by atoms with van der Waals surface area (Å²) < 4.78 is 0. The molecule has 0 aliphatic heterocycles. The van der Waals surface area contributed by atoms with Crippen molar-refractivity contribution in [2.45, 2.75) is 27.2 Å². The van der Waals surface area contributed by atoms with E-state index < -0.39 is 10.5 Å². The number of carbonyl (C=O) groups is 2. The summed E-state index contributed by atoms with van der Waals surface area (Å²) in [5.41, 5.74) is 8.67. The summed E-state index contributed by atoms with van der Waals surface area (Å²) in [5.74, 6) is 0. The predicted molar refractivity (Wildman–Crippen MR) is 65.9 cm³/mol. The van der Waals surface area contributed by atoms with E-state index in [1.165, 1.54) is 6.42 Å². The minimum atomic E-state index is -0.639. The molecule has 88 valence electrons. The van der Waals surface area contributed by atoms with Gasteiger partial charge in [-0.25, -0.2) is 0 Å². The zero-order chi connectivity index (χ0) is 12.6. The molecule has 5 N–H and O–H groups in total. The summed E-state index contributed by atoms with van der Waals surface area (Å²) in [7, 11) is 0. The van der Waals surface area contributed by atoms with E-state index in [0.29, 0.717) is 0 Å². The van der Waals surface area contributed by atoms with E-state index in [1.807, 2.05) is 0 Å². The SMILES string of the molecule is CCC.CCO.NC(=O)S.NC(=O)S. The van der Waals surface area contributed by atoms with Crippen LogP contribution in [-0.4, -0.2) is 22.2 Å². The van der Waals surface area contributed by atoms with Gasteiger partial charge in [-0.3, -0.25) is 9.59 Å². The van der Waals surface area contributed by atoms with Crippen LogP contribution in [0.5, 0.6) is 0 Å². The van der Waals surface area contributed by atoms with Crippen LogP contribution in [0.4, 0.5) is 9.59 Å². The Bertz CT molecular complexity index is 102. The number of rotatable bonds is 0. The first-order valence-electron chi connectivity index (χ1n) is 3.87. The maximum atomic E-state index is 9.09. The van der Waals surface area contributed by atoms with Crippen LogP contribution in [0.25, 0.3) is 0 Å². The summed E-state index contributed by atoms with van der Waals surface area (Å²) in [4.78, 5) is 18.2. The first-order chi connectivity index (χ1) is 6.29. The lowest BCUT2D eigenvalue weighted by Gasteiger charge is -1.59. The van der Waals surface area contributed by atoms with Gasteiger partial charge in [0.2, 0.25) is 0 Å². The molecule has 0 unspecified atom stereocenters. The van der Waals surface area contributed by atoms with Gasteiger partial charge in [-0.1, -0.05) is 45.5 Å². The molecule has 14 heavy (non-hydrogen) atoms. The van der Waals surface area contributed by atoms with E-state index in [4.69, 9.17) is 14.7 Å². The van der Waals surface area contributed by atoms with Gasteiger partial charge in [0.1, 0.15) is 0 Å². The van der Waals surface area contributed by atoms with E-state index >= 15 is 0 Å². The summed E-state index contributed by atoms with van der Waals surface area (Å²) >= 11 is 6.21. The van der Waals surface area contributed by atoms with Crippen molar-refractivity contribution in [3.8, 4) is 0 Å². The van der Waals surface area contributed by atoms with Gasteiger partial charge in [-0.05, 0) is 6.92 Å². The van der Waals surface area contributed by atoms with E-state index in [0.717, 1.165) is 0 Å². The number of thiol groups is 2. The second-order valence-electron chi connectivity index (χ2n) is 1.70. The predicted octanol–water partition coefficient (Wildman–Crippen LogP) is 1.40. The molecule has 0 aliphatic carbocycles. The lowest BCUT2D eigenvalue weighted by atomic mass is 10.6. The second kappa shape index (κ2) is 29.4. The third-order valence-electron chi connectivity index (χ3n) is 0. The first kappa shape index (κ1) is 23.4. The molecule has 0 spiro atoms. The largest absolute Gasteiger partial charge is 0.397 e. The fourth-order valence-corrected chi connectivity index (χ4v) is 0. The molecule has 0 aliphatic rings. The molecular formula is C7H20N2O3S2. The highest BCUT2D eigenvalue weighted by atomic mass is 32.1. The van der Waals surface area contributed by atoms with Crippen molar-refractivity contribution in [3.05, 3.63) is 0 Å². The van der Waals surface area contributed by atoms with Crippen LogP contribution in [0.3, 0.4) is 0 Å². The van der Waals surface area contributed by atoms with Crippen molar-refractivity contribution in [1.82, 2.24) is 0 Å². The third-order valence-corrected chi connectivity index (χ3v) is 0. The zero-order valence-electron chi connectivity index (χ0n) is 8.73.